The van der Waals surface area contributed by atoms with Crippen LogP contribution in [-0.2, 0) is 4.79 Å². The minimum atomic E-state index is -0.823. The lowest BCUT2D eigenvalue weighted by molar-refractivity contribution is -0.386. The molecule has 108 valence electrons. The van der Waals surface area contributed by atoms with Crippen LogP contribution in [-0.4, -0.2) is 33.5 Å². The molecule has 0 aromatic heterocycles. The van der Waals surface area contributed by atoms with E-state index >= 15 is 0 Å². The smallest absolute Gasteiger partial charge is 0.304 e. The summed E-state index contributed by atoms with van der Waals surface area (Å²) >= 11 is 0. The Morgan fingerprint density at radius 2 is 2.25 bits per heavy atom. The van der Waals surface area contributed by atoms with Gasteiger partial charge in [0.2, 0.25) is 0 Å². The Labute approximate surface area is 117 Å². The number of carbonyl (C=O) groups is 1. The summed E-state index contributed by atoms with van der Waals surface area (Å²) in [6.45, 7) is 2.69. The van der Waals surface area contributed by atoms with Gasteiger partial charge < -0.3 is 5.11 Å². The molecular weight excluding hydrogens is 260 g/mol. The third-order valence-electron chi connectivity index (χ3n) is 3.91. The van der Waals surface area contributed by atoms with E-state index in [1.165, 1.54) is 6.07 Å². The molecule has 0 radical (unpaired) electrons. The van der Waals surface area contributed by atoms with Crippen molar-refractivity contribution >= 4 is 11.7 Å². The Kier molecular flexibility index (Phi) is 4.34. The third-order valence-corrected chi connectivity index (χ3v) is 3.91. The molecule has 2 unspecified atom stereocenters. The SMILES string of the molecule is CC(c1ccccc1[N+](=O)[O-])N1CCCC1CC(=O)O. The summed E-state index contributed by atoms with van der Waals surface area (Å²) in [5.41, 5.74) is 0.746. The van der Waals surface area contributed by atoms with Crippen molar-refractivity contribution < 1.29 is 14.8 Å². The van der Waals surface area contributed by atoms with Gasteiger partial charge in [0.05, 0.1) is 11.3 Å². The van der Waals surface area contributed by atoms with E-state index in [2.05, 4.69) is 4.90 Å². The van der Waals surface area contributed by atoms with Gasteiger partial charge in [0.25, 0.3) is 5.69 Å². The topological polar surface area (TPSA) is 83.7 Å². The maximum atomic E-state index is 11.1. The summed E-state index contributed by atoms with van der Waals surface area (Å²) in [5, 5.41) is 20.0. The zero-order valence-electron chi connectivity index (χ0n) is 11.4. The molecule has 1 aromatic rings. The highest BCUT2D eigenvalue weighted by molar-refractivity contribution is 5.67. The van der Waals surface area contributed by atoms with E-state index in [4.69, 9.17) is 5.11 Å². The van der Waals surface area contributed by atoms with Crippen molar-refractivity contribution in [2.75, 3.05) is 6.54 Å². The fraction of sp³-hybridized carbons (Fsp3) is 0.500. The first kappa shape index (κ1) is 14.5. The number of nitrogens with zero attached hydrogens (tertiary/aromatic N) is 2. The predicted octanol–water partition coefficient (Wildman–Crippen LogP) is 2.59. The van der Waals surface area contributed by atoms with E-state index in [0.717, 1.165) is 19.4 Å². The minimum absolute atomic E-state index is 0.0395. The van der Waals surface area contributed by atoms with Crippen molar-refractivity contribution in [3.8, 4) is 0 Å². The van der Waals surface area contributed by atoms with Gasteiger partial charge >= 0.3 is 5.97 Å². The second kappa shape index (κ2) is 6.00. The van der Waals surface area contributed by atoms with Gasteiger partial charge in [-0.05, 0) is 26.3 Å². The molecule has 1 aliphatic heterocycles. The average Bonchev–Trinajstić information content (AvgIpc) is 2.85. The molecule has 0 amide bonds. The Hall–Kier alpha value is -1.95. The average molecular weight is 278 g/mol. The monoisotopic (exact) mass is 278 g/mol. The number of hydrogen-bond donors (Lipinski definition) is 1. The lowest BCUT2D eigenvalue weighted by Crippen LogP contribution is -2.34. The van der Waals surface area contributed by atoms with Crippen LogP contribution >= 0.6 is 0 Å². The summed E-state index contributed by atoms with van der Waals surface area (Å²) in [6.07, 6.45) is 1.85. The van der Waals surface area contributed by atoms with Gasteiger partial charge in [0.15, 0.2) is 0 Å². The molecule has 1 aliphatic rings. The van der Waals surface area contributed by atoms with E-state index in [-0.39, 0.29) is 29.1 Å². The predicted molar refractivity (Wildman–Crippen MR) is 73.5 cm³/mol. The van der Waals surface area contributed by atoms with Crippen LogP contribution in [0.1, 0.15) is 37.8 Å². The summed E-state index contributed by atoms with van der Waals surface area (Å²) in [5.74, 6) is -0.823. The Morgan fingerprint density at radius 1 is 1.55 bits per heavy atom. The fourth-order valence-corrected chi connectivity index (χ4v) is 2.97. The van der Waals surface area contributed by atoms with Crippen molar-refractivity contribution in [1.29, 1.82) is 0 Å². The maximum Gasteiger partial charge on any atom is 0.304 e. The van der Waals surface area contributed by atoms with Crippen LogP contribution in [0.4, 0.5) is 5.69 Å². The van der Waals surface area contributed by atoms with Gasteiger partial charge in [0, 0.05) is 23.7 Å². The molecule has 1 fully saturated rings. The zero-order valence-corrected chi connectivity index (χ0v) is 11.4. The molecule has 1 aromatic carbocycles. The van der Waals surface area contributed by atoms with Gasteiger partial charge in [0.1, 0.15) is 0 Å². The fourth-order valence-electron chi connectivity index (χ4n) is 2.97. The first-order valence-electron chi connectivity index (χ1n) is 6.71. The molecule has 0 bridgehead atoms. The second-order valence-corrected chi connectivity index (χ2v) is 5.12. The molecule has 1 N–H and O–H groups in total. The Morgan fingerprint density at radius 3 is 2.90 bits per heavy atom. The summed E-state index contributed by atoms with van der Waals surface area (Å²) in [6, 6.07) is 6.48. The second-order valence-electron chi connectivity index (χ2n) is 5.12. The summed E-state index contributed by atoms with van der Waals surface area (Å²) in [4.78, 5) is 23.7. The van der Waals surface area contributed by atoms with Crippen LogP contribution in [0.15, 0.2) is 24.3 Å². The molecule has 1 heterocycles. The lowest BCUT2D eigenvalue weighted by atomic mass is 10.0. The number of rotatable bonds is 5. The van der Waals surface area contributed by atoms with Gasteiger partial charge in [-0.25, -0.2) is 0 Å². The van der Waals surface area contributed by atoms with Crippen LogP contribution in [0.3, 0.4) is 0 Å². The molecule has 2 atom stereocenters. The van der Waals surface area contributed by atoms with Crippen LogP contribution in [0.5, 0.6) is 0 Å². The minimum Gasteiger partial charge on any atom is -0.481 e. The molecule has 6 heteroatoms. The van der Waals surface area contributed by atoms with Gasteiger partial charge in [-0.2, -0.15) is 0 Å². The van der Waals surface area contributed by atoms with Crippen molar-refractivity contribution in [1.82, 2.24) is 4.90 Å². The molecule has 20 heavy (non-hydrogen) atoms. The number of para-hydroxylation sites is 1. The number of aliphatic carboxylic acids is 1. The molecule has 2 rings (SSSR count). The first-order valence-corrected chi connectivity index (χ1v) is 6.71. The number of nitro groups is 1. The normalized spacial score (nSPS) is 20.8. The van der Waals surface area contributed by atoms with Crippen molar-refractivity contribution in [2.24, 2.45) is 0 Å². The molecule has 6 nitrogen and oxygen atoms in total. The van der Waals surface area contributed by atoms with E-state index < -0.39 is 5.97 Å². The van der Waals surface area contributed by atoms with E-state index in [0.29, 0.717) is 5.56 Å². The van der Waals surface area contributed by atoms with Gasteiger partial charge in [-0.3, -0.25) is 19.8 Å². The van der Waals surface area contributed by atoms with E-state index in [9.17, 15) is 14.9 Å². The summed E-state index contributed by atoms with van der Waals surface area (Å²) < 4.78 is 0. The molecule has 0 spiro atoms. The third kappa shape index (κ3) is 2.96. The Bertz CT molecular complexity index is 518. The molecule has 0 saturated carbocycles. The number of hydrogen-bond acceptors (Lipinski definition) is 4. The largest absolute Gasteiger partial charge is 0.481 e. The highest BCUT2D eigenvalue weighted by atomic mass is 16.6. The van der Waals surface area contributed by atoms with Crippen LogP contribution in [0.25, 0.3) is 0 Å². The highest BCUT2D eigenvalue weighted by Gasteiger charge is 2.33. The van der Waals surface area contributed by atoms with Crippen molar-refractivity contribution in [3.63, 3.8) is 0 Å². The number of carboxylic acids is 1. The number of benzene rings is 1. The van der Waals surface area contributed by atoms with E-state index in [1.807, 2.05) is 6.92 Å². The van der Waals surface area contributed by atoms with Gasteiger partial charge in [-0.1, -0.05) is 18.2 Å². The number of likely N-dealkylation sites (tertiary alicyclic amines) is 1. The molecule has 1 saturated heterocycles. The van der Waals surface area contributed by atoms with Gasteiger partial charge in [-0.15, -0.1) is 0 Å². The van der Waals surface area contributed by atoms with Crippen molar-refractivity contribution in [2.45, 2.75) is 38.3 Å². The Balaban J connectivity index is 2.24. The quantitative estimate of drug-likeness (QED) is 0.661. The molecular formula is C14H18N2O4. The molecule has 0 aliphatic carbocycles. The number of carboxylic acid groups (broad SMARTS) is 1. The highest BCUT2D eigenvalue weighted by Crippen LogP contribution is 2.34. The van der Waals surface area contributed by atoms with E-state index in [1.54, 1.807) is 18.2 Å². The van der Waals surface area contributed by atoms with Crippen molar-refractivity contribution in [3.05, 3.63) is 39.9 Å². The standard InChI is InChI=1S/C14H18N2O4/c1-10(12-6-2-3-7-13(12)16(19)20)15-8-4-5-11(15)9-14(17)18/h2-3,6-7,10-11H,4-5,8-9H2,1H3,(H,17,18). The van der Waals surface area contributed by atoms with Crippen LogP contribution in [0.2, 0.25) is 0 Å². The van der Waals surface area contributed by atoms with Crippen LogP contribution in [0, 0.1) is 10.1 Å². The van der Waals surface area contributed by atoms with Crippen LogP contribution < -0.4 is 0 Å². The number of nitro benzene ring substituents is 1. The maximum absolute atomic E-state index is 11.1. The lowest BCUT2D eigenvalue weighted by Gasteiger charge is -2.29. The zero-order chi connectivity index (χ0) is 14.7. The first-order chi connectivity index (χ1) is 9.50. The summed E-state index contributed by atoms with van der Waals surface area (Å²) in [7, 11) is 0.